The largest absolute Gasteiger partial charge is 0.378 e. The molecule has 0 bridgehead atoms. The molecule has 0 aromatic heterocycles. The Morgan fingerprint density at radius 2 is 1.81 bits per heavy atom. The fraction of sp³-hybridized carbons (Fsp3) is 0.318. The fourth-order valence-electron chi connectivity index (χ4n) is 3.81. The third-order valence-electron chi connectivity index (χ3n) is 5.52. The maximum absolute atomic E-state index is 13.0. The van der Waals surface area contributed by atoms with Crippen LogP contribution >= 0.6 is 15.9 Å². The van der Waals surface area contributed by atoms with Crippen molar-refractivity contribution in [3.05, 3.63) is 58.6 Å². The molecule has 0 unspecified atom stereocenters. The van der Waals surface area contributed by atoms with Crippen molar-refractivity contribution in [2.45, 2.75) is 12.5 Å². The summed E-state index contributed by atoms with van der Waals surface area (Å²) in [5, 5.41) is 5.47. The van der Waals surface area contributed by atoms with Crippen molar-refractivity contribution in [2.75, 3.05) is 43.1 Å². The average molecular weight is 487 g/mol. The molecule has 4 amide bonds. The van der Waals surface area contributed by atoms with E-state index >= 15 is 0 Å². The number of anilines is 2. The molecule has 9 heteroatoms. The molecule has 2 aromatic rings. The number of nitrogens with one attached hydrogen (secondary N) is 2. The number of imide groups is 1. The van der Waals surface area contributed by atoms with E-state index in [9.17, 15) is 14.4 Å². The van der Waals surface area contributed by atoms with Crippen LogP contribution in [0.4, 0.5) is 16.2 Å². The summed E-state index contributed by atoms with van der Waals surface area (Å²) >= 11 is 3.43. The highest BCUT2D eigenvalue weighted by Gasteiger charge is 2.50. The van der Waals surface area contributed by atoms with E-state index in [1.54, 1.807) is 37.3 Å². The summed E-state index contributed by atoms with van der Waals surface area (Å²) in [5.74, 6) is -0.916. The van der Waals surface area contributed by atoms with Gasteiger partial charge in [0.15, 0.2) is 0 Å². The lowest BCUT2D eigenvalue weighted by Crippen LogP contribution is -2.42. The Morgan fingerprint density at radius 1 is 1.13 bits per heavy atom. The van der Waals surface area contributed by atoms with Crippen molar-refractivity contribution < 1.29 is 19.1 Å². The van der Waals surface area contributed by atoms with Gasteiger partial charge < -0.3 is 20.3 Å². The first-order valence-corrected chi connectivity index (χ1v) is 10.8. The number of ether oxygens (including phenoxy) is 1. The van der Waals surface area contributed by atoms with Crippen molar-refractivity contribution in [3.8, 4) is 0 Å². The molecule has 31 heavy (non-hydrogen) atoms. The molecule has 0 saturated carbocycles. The number of hydrogen-bond donors (Lipinski definition) is 2. The number of hydrogen-bond acceptors (Lipinski definition) is 5. The molecule has 4 rings (SSSR count). The van der Waals surface area contributed by atoms with Crippen molar-refractivity contribution in [1.29, 1.82) is 0 Å². The van der Waals surface area contributed by atoms with Gasteiger partial charge in [-0.1, -0.05) is 34.1 Å². The number of carbonyl (C=O) groups is 3. The second-order valence-corrected chi connectivity index (χ2v) is 8.48. The number of morpholine rings is 1. The minimum Gasteiger partial charge on any atom is -0.378 e. The van der Waals surface area contributed by atoms with E-state index in [1.807, 2.05) is 18.2 Å². The Kier molecular flexibility index (Phi) is 5.97. The van der Waals surface area contributed by atoms with Crippen LogP contribution in [-0.4, -0.2) is 55.6 Å². The van der Waals surface area contributed by atoms with Gasteiger partial charge in [0, 0.05) is 34.5 Å². The van der Waals surface area contributed by atoms with E-state index in [4.69, 9.17) is 4.74 Å². The van der Waals surface area contributed by atoms with Gasteiger partial charge in [0.25, 0.3) is 5.91 Å². The third kappa shape index (κ3) is 4.28. The van der Waals surface area contributed by atoms with Gasteiger partial charge in [-0.05, 0) is 37.3 Å². The maximum atomic E-state index is 13.0. The van der Waals surface area contributed by atoms with Crippen LogP contribution in [0, 0.1) is 0 Å². The zero-order chi connectivity index (χ0) is 22.0. The van der Waals surface area contributed by atoms with Gasteiger partial charge in [-0.3, -0.25) is 14.5 Å². The molecule has 0 radical (unpaired) electrons. The Morgan fingerprint density at radius 3 is 2.48 bits per heavy atom. The number of amides is 4. The highest BCUT2D eigenvalue weighted by atomic mass is 79.9. The zero-order valence-corrected chi connectivity index (χ0v) is 18.6. The molecule has 2 aromatic carbocycles. The first-order chi connectivity index (χ1) is 14.9. The van der Waals surface area contributed by atoms with Crippen LogP contribution in [0.15, 0.2) is 53.0 Å². The summed E-state index contributed by atoms with van der Waals surface area (Å²) in [6, 6.07) is 14.1. The molecule has 2 aliphatic rings. The SMILES string of the molecule is C[C@@]1(c2ccccc2Br)NC(=O)N(CC(=O)Nc2ccc(N3CCOCC3)cc2)C1=O. The van der Waals surface area contributed by atoms with Crippen LogP contribution in [0.3, 0.4) is 0 Å². The second-order valence-electron chi connectivity index (χ2n) is 7.62. The molecule has 2 fully saturated rings. The van der Waals surface area contributed by atoms with Crippen molar-refractivity contribution in [1.82, 2.24) is 10.2 Å². The van der Waals surface area contributed by atoms with E-state index in [2.05, 4.69) is 31.5 Å². The van der Waals surface area contributed by atoms with Crippen molar-refractivity contribution >= 4 is 45.2 Å². The van der Waals surface area contributed by atoms with Gasteiger partial charge in [-0.2, -0.15) is 0 Å². The zero-order valence-electron chi connectivity index (χ0n) is 17.1. The summed E-state index contributed by atoms with van der Waals surface area (Å²) in [7, 11) is 0. The summed E-state index contributed by atoms with van der Waals surface area (Å²) in [5.41, 5.74) is 1.05. The predicted molar refractivity (Wildman–Crippen MR) is 120 cm³/mol. The van der Waals surface area contributed by atoms with Crippen molar-refractivity contribution in [3.63, 3.8) is 0 Å². The van der Waals surface area contributed by atoms with Crippen LogP contribution in [0.5, 0.6) is 0 Å². The lowest BCUT2D eigenvalue weighted by molar-refractivity contribution is -0.133. The smallest absolute Gasteiger partial charge is 0.325 e. The first-order valence-electron chi connectivity index (χ1n) is 10.0. The highest BCUT2D eigenvalue weighted by Crippen LogP contribution is 2.33. The molecule has 2 saturated heterocycles. The summed E-state index contributed by atoms with van der Waals surface area (Å²) < 4.78 is 6.07. The van der Waals surface area contributed by atoms with E-state index in [1.165, 1.54) is 0 Å². The number of rotatable bonds is 5. The normalized spacial score (nSPS) is 21.2. The van der Waals surface area contributed by atoms with E-state index in [0.717, 1.165) is 23.7 Å². The molecule has 162 valence electrons. The molecule has 2 aliphatic heterocycles. The van der Waals surface area contributed by atoms with Gasteiger partial charge in [0.05, 0.1) is 13.2 Å². The lowest BCUT2D eigenvalue weighted by atomic mass is 9.92. The van der Waals surface area contributed by atoms with Crippen LogP contribution in [-0.2, 0) is 19.9 Å². The molecular weight excluding hydrogens is 464 g/mol. The number of carbonyl (C=O) groups excluding carboxylic acids is 3. The van der Waals surface area contributed by atoms with E-state index in [0.29, 0.717) is 28.9 Å². The lowest BCUT2D eigenvalue weighted by Gasteiger charge is -2.28. The third-order valence-corrected chi connectivity index (χ3v) is 6.21. The van der Waals surface area contributed by atoms with E-state index < -0.39 is 23.4 Å². The summed E-state index contributed by atoms with van der Waals surface area (Å²) in [6.45, 7) is 4.32. The van der Waals surface area contributed by atoms with E-state index in [-0.39, 0.29) is 6.54 Å². The molecular formula is C22H23BrN4O4. The number of nitrogens with zero attached hydrogens (tertiary/aromatic N) is 2. The Labute approximate surface area is 188 Å². The number of benzene rings is 2. The van der Waals surface area contributed by atoms with Gasteiger partial charge >= 0.3 is 6.03 Å². The molecule has 2 heterocycles. The highest BCUT2D eigenvalue weighted by molar-refractivity contribution is 9.10. The van der Waals surface area contributed by atoms with Crippen LogP contribution < -0.4 is 15.5 Å². The van der Waals surface area contributed by atoms with Gasteiger partial charge in [-0.15, -0.1) is 0 Å². The fourth-order valence-corrected chi connectivity index (χ4v) is 4.49. The maximum Gasteiger partial charge on any atom is 0.325 e. The first kappa shape index (κ1) is 21.3. The van der Waals surface area contributed by atoms with Gasteiger partial charge in [0.1, 0.15) is 12.1 Å². The van der Waals surface area contributed by atoms with Crippen LogP contribution in [0.25, 0.3) is 0 Å². The van der Waals surface area contributed by atoms with Crippen LogP contribution in [0.1, 0.15) is 12.5 Å². The van der Waals surface area contributed by atoms with Crippen molar-refractivity contribution in [2.24, 2.45) is 0 Å². The molecule has 1 atom stereocenters. The Hall–Kier alpha value is -2.91. The quantitative estimate of drug-likeness (QED) is 0.634. The molecule has 2 N–H and O–H groups in total. The minimum absolute atomic E-state index is 0.365. The minimum atomic E-state index is -1.24. The number of halogens is 1. The second kappa shape index (κ2) is 8.68. The molecule has 8 nitrogen and oxygen atoms in total. The molecule has 0 aliphatic carbocycles. The summed E-state index contributed by atoms with van der Waals surface area (Å²) in [4.78, 5) is 41.2. The topological polar surface area (TPSA) is 91.0 Å². The Bertz CT molecular complexity index is 1010. The molecule has 0 spiro atoms. The van der Waals surface area contributed by atoms with Gasteiger partial charge in [-0.25, -0.2) is 4.79 Å². The standard InChI is InChI=1S/C22H23BrN4O4/c1-22(17-4-2-3-5-18(17)23)20(29)27(21(30)25-22)14-19(28)24-15-6-8-16(9-7-15)26-10-12-31-13-11-26/h2-9H,10-14H2,1H3,(H,24,28)(H,25,30)/t22-/m0/s1. The van der Waals surface area contributed by atoms with Gasteiger partial charge in [0.2, 0.25) is 5.91 Å². The van der Waals surface area contributed by atoms with Crippen LogP contribution in [0.2, 0.25) is 0 Å². The predicted octanol–water partition coefficient (Wildman–Crippen LogP) is 2.69. The summed E-state index contributed by atoms with van der Waals surface area (Å²) in [6.07, 6.45) is 0. The monoisotopic (exact) mass is 486 g/mol. The number of urea groups is 1. The average Bonchev–Trinajstić information content (AvgIpc) is 2.99. The Balaban J connectivity index is 1.41.